The van der Waals surface area contributed by atoms with E-state index in [1.54, 1.807) is 6.07 Å². The third-order valence-electron chi connectivity index (χ3n) is 2.00. The largest absolute Gasteiger partial charge is 0.324 e. The third kappa shape index (κ3) is 2.65. The van der Waals surface area contributed by atoms with E-state index in [1.165, 1.54) is 0 Å². The molecule has 1 aromatic carbocycles. The van der Waals surface area contributed by atoms with Gasteiger partial charge in [0.15, 0.2) is 6.54 Å². The van der Waals surface area contributed by atoms with E-state index in [4.69, 9.17) is 0 Å². The van der Waals surface area contributed by atoms with Crippen molar-refractivity contribution >= 4 is 11.6 Å². The van der Waals surface area contributed by atoms with Crippen LogP contribution in [0, 0.1) is 18.8 Å². The Labute approximate surface area is 82.3 Å². The van der Waals surface area contributed by atoms with Gasteiger partial charge in [0.1, 0.15) is 0 Å². The van der Waals surface area contributed by atoms with Crippen LogP contribution in [0.2, 0.25) is 0 Å². The minimum Gasteiger partial charge on any atom is -0.324 e. The van der Waals surface area contributed by atoms with Crippen LogP contribution < -0.4 is 5.32 Å². The van der Waals surface area contributed by atoms with Crippen molar-refractivity contribution in [3.8, 4) is 0 Å². The summed E-state index contributed by atoms with van der Waals surface area (Å²) in [5.74, 6) is -0.386. The van der Waals surface area contributed by atoms with Crippen molar-refractivity contribution in [2.24, 2.45) is 5.18 Å². The molecule has 0 atom stereocenters. The lowest BCUT2D eigenvalue weighted by molar-refractivity contribution is -0.114. The average Bonchev–Trinajstić information content (AvgIpc) is 2.12. The van der Waals surface area contributed by atoms with Gasteiger partial charge in [0.05, 0.1) is 0 Å². The Morgan fingerprint density at radius 1 is 1.36 bits per heavy atom. The van der Waals surface area contributed by atoms with Crippen LogP contribution in [0.25, 0.3) is 0 Å². The molecule has 4 nitrogen and oxygen atoms in total. The highest BCUT2D eigenvalue weighted by Gasteiger charge is 2.02. The summed E-state index contributed by atoms with van der Waals surface area (Å²) >= 11 is 0. The summed E-state index contributed by atoms with van der Waals surface area (Å²) in [6, 6.07) is 5.57. The molecule has 14 heavy (non-hydrogen) atoms. The van der Waals surface area contributed by atoms with Crippen LogP contribution in [0.1, 0.15) is 11.1 Å². The lowest BCUT2D eigenvalue weighted by atomic mass is 10.1. The molecule has 0 heterocycles. The number of amides is 1. The first-order valence-electron chi connectivity index (χ1n) is 4.29. The molecule has 0 aliphatic heterocycles. The molecule has 0 aliphatic carbocycles. The Hall–Kier alpha value is -1.71. The van der Waals surface area contributed by atoms with Gasteiger partial charge in [-0.05, 0) is 37.1 Å². The number of nitroso groups, excluding NO2 is 1. The van der Waals surface area contributed by atoms with Crippen LogP contribution in [0.3, 0.4) is 0 Å². The Balaban J connectivity index is 2.72. The van der Waals surface area contributed by atoms with Gasteiger partial charge in [-0.3, -0.25) is 4.79 Å². The van der Waals surface area contributed by atoms with E-state index in [2.05, 4.69) is 10.5 Å². The number of hydrogen-bond donors (Lipinski definition) is 1. The van der Waals surface area contributed by atoms with Gasteiger partial charge in [-0.25, -0.2) is 0 Å². The molecule has 0 saturated carbocycles. The van der Waals surface area contributed by atoms with Gasteiger partial charge in [-0.1, -0.05) is 11.2 Å². The number of benzene rings is 1. The van der Waals surface area contributed by atoms with E-state index < -0.39 is 0 Å². The molecule has 1 N–H and O–H groups in total. The number of anilines is 1. The summed E-state index contributed by atoms with van der Waals surface area (Å²) < 4.78 is 0. The van der Waals surface area contributed by atoms with E-state index in [1.807, 2.05) is 26.0 Å². The maximum Gasteiger partial charge on any atom is 0.249 e. The number of nitrogens with zero attached hydrogens (tertiary/aromatic N) is 1. The fourth-order valence-corrected chi connectivity index (χ4v) is 1.08. The van der Waals surface area contributed by atoms with Crippen molar-refractivity contribution in [2.45, 2.75) is 13.8 Å². The zero-order valence-corrected chi connectivity index (χ0v) is 8.20. The number of rotatable bonds is 3. The molecule has 0 radical (unpaired) electrons. The summed E-state index contributed by atoms with van der Waals surface area (Å²) in [6.07, 6.45) is 0. The summed E-state index contributed by atoms with van der Waals surface area (Å²) in [5.41, 5.74) is 2.96. The normalized spacial score (nSPS) is 9.57. The number of hydrogen-bond acceptors (Lipinski definition) is 3. The Bertz CT molecular complexity index is 361. The molecule has 0 unspecified atom stereocenters. The lowest BCUT2D eigenvalue weighted by Gasteiger charge is -2.05. The molecule has 0 spiro atoms. The molecule has 0 saturated heterocycles. The van der Waals surface area contributed by atoms with Crippen LogP contribution in [0.5, 0.6) is 0 Å². The Kier molecular flexibility index (Phi) is 3.34. The molecular formula is C10H12N2O2. The first-order chi connectivity index (χ1) is 6.63. The topological polar surface area (TPSA) is 58.5 Å². The first kappa shape index (κ1) is 10.4. The van der Waals surface area contributed by atoms with Gasteiger partial charge >= 0.3 is 0 Å². The molecule has 1 amide bonds. The highest BCUT2D eigenvalue weighted by atomic mass is 16.3. The van der Waals surface area contributed by atoms with Crippen molar-refractivity contribution in [1.29, 1.82) is 0 Å². The predicted molar refractivity (Wildman–Crippen MR) is 55.2 cm³/mol. The monoisotopic (exact) mass is 192 g/mol. The first-order valence-corrected chi connectivity index (χ1v) is 4.29. The van der Waals surface area contributed by atoms with E-state index >= 15 is 0 Å². The number of carbonyl (C=O) groups excluding carboxylic acids is 1. The van der Waals surface area contributed by atoms with Gasteiger partial charge in [0.25, 0.3) is 0 Å². The quantitative estimate of drug-likeness (QED) is 0.744. The predicted octanol–water partition coefficient (Wildman–Crippen LogP) is 2.01. The SMILES string of the molecule is Cc1ccc(NC(=O)CN=O)cc1C. The second-order valence-corrected chi connectivity index (χ2v) is 3.13. The fraction of sp³-hybridized carbons (Fsp3) is 0.300. The van der Waals surface area contributed by atoms with Crippen LogP contribution >= 0.6 is 0 Å². The molecule has 1 aromatic rings. The molecular weight excluding hydrogens is 180 g/mol. The zero-order valence-electron chi connectivity index (χ0n) is 8.20. The maximum atomic E-state index is 11.0. The minimum atomic E-state index is -0.386. The molecule has 0 fully saturated rings. The van der Waals surface area contributed by atoms with Crippen LogP contribution in [0.4, 0.5) is 5.69 Å². The Morgan fingerprint density at radius 3 is 2.64 bits per heavy atom. The van der Waals surface area contributed by atoms with Gasteiger partial charge in [0, 0.05) is 5.69 Å². The fourth-order valence-electron chi connectivity index (χ4n) is 1.08. The zero-order chi connectivity index (χ0) is 10.6. The van der Waals surface area contributed by atoms with Gasteiger partial charge < -0.3 is 5.32 Å². The number of aryl methyl sites for hydroxylation is 2. The summed E-state index contributed by atoms with van der Waals surface area (Å²) in [6.45, 7) is 3.61. The molecule has 0 aromatic heterocycles. The molecule has 74 valence electrons. The highest BCUT2D eigenvalue weighted by molar-refractivity contribution is 5.92. The van der Waals surface area contributed by atoms with Crippen LogP contribution in [-0.4, -0.2) is 12.5 Å². The summed E-state index contributed by atoms with van der Waals surface area (Å²) in [7, 11) is 0. The smallest absolute Gasteiger partial charge is 0.249 e. The van der Waals surface area contributed by atoms with Crippen LogP contribution in [-0.2, 0) is 4.79 Å². The maximum absolute atomic E-state index is 11.0. The van der Waals surface area contributed by atoms with E-state index in [-0.39, 0.29) is 12.5 Å². The third-order valence-corrected chi connectivity index (χ3v) is 2.00. The minimum absolute atomic E-state index is 0.340. The number of carbonyl (C=O) groups is 1. The summed E-state index contributed by atoms with van der Waals surface area (Å²) in [4.78, 5) is 20.8. The van der Waals surface area contributed by atoms with Crippen molar-refractivity contribution < 1.29 is 4.79 Å². The van der Waals surface area contributed by atoms with E-state index in [0.29, 0.717) is 5.69 Å². The van der Waals surface area contributed by atoms with Crippen molar-refractivity contribution in [1.82, 2.24) is 0 Å². The second kappa shape index (κ2) is 4.50. The number of nitrogens with one attached hydrogen (secondary N) is 1. The standard InChI is InChI=1S/C10H12N2O2/c1-7-3-4-9(5-8(7)2)12-10(13)6-11-14/h3-5H,6H2,1-2H3,(H,12,13). The molecule has 0 aliphatic rings. The molecule has 1 rings (SSSR count). The molecule has 4 heteroatoms. The van der Waals surface area contributed by atoms with Gasteiger partial charge in [0.2, 0.25) is 5.91 Å². The highest BCUT2D eigenvalue weighted by Crippen LogP contribution is 2.13. The van der Waals surface area contributed by atoms with Crippen molar-refractivity contribution in [3.63, 3.8) is 0 Å². The Morgan fingerprint density at radius 2 is 2.07 bits per heavy atom. The van der Waals surface area contributed by atoms with Crippen LogP contribution in [0.15, 0.2) is 23.4 Å². The average molecular weight is 192 g/mol. The second-order valence-electron chi connectivity index (χ2n) is 3.13. The van der Waals surface area contributed by atoms with Gasteiger partial charge in [-0.15, -0.1) is 0 Å². The van der Waals surface area contributed by atoms with E-state index in [0.717, 1.165) is 11.1 Å². The molecule has 0 bridgehead atoms. The van der Waals surface area contributed by atoms with Gasteiger partial charge in [-0.2, -0.15) is 4.91 Å². The van der Waals surface area contributed by atoms with Crippen molar-refractivity contribution in [2.75, 3.05) is 11.9 Å². The van der Waals surface area contributed by atoms with E-state index in [9.17, 15) is 9.70 Å². The van der Waals surface area contributed by atoms with Crippen molar-refractivity contribution in [3.05, 3.63) is 34.2 Å². The summed E-state index contributed by atoms with van der Waals surface area (Å²) in [5, 5.41) is 5.09. The lowest BCUT2D eigenvalue weighted by Crippen LogP contribution is -2.14.